The highest BCUT2D eigenvalue weighted by atomic mass is 16.3. The minimum atomic E-state index is -0.131. The van der Waals surface area contributed by atoms with Crippen LogP contribution in [0.5, 0.6) is 0 Å². The lowest BCUT2D eigenvalue weighted by atomic mass is 9.47. The standard InChI is InChI=1S/C20H29NO2/c1-19-8-6-12(22)10-16(19)17(21-3)11-13-14-4-5-18(23)20(14,2)9-7-15(13)19/h10,13-15,18,23H,4-9,11H2,1-3H3/t13?,14?,15?,18-,19+,20-/m0/s1. The summed E-state index contributed by atoms with van der Waals surface area (Å²) in [6, 6.07) is 0. The number of carbonyl (C=O) groups excluding carboxylic acids is 1. The van der Waals surface area contributed by atoms with Gasteiger partial charge in [-0.05, 0) is 78.8 Å². The van der Waals surface area contributed by atoms with Crippen molar-refractivity contribution in [3.05, 3.63) is 11.6 Å². The molecular formula is C20H29NO2. The Morgan fingerprint density at radius 1 is 1.17 bits per heavy atom. The Kier molecular flexibility index (Phi) is 3.39. The molecule has 1 N–H and O–H groups in total. The van der Waals surface area contributed by atoms with Crippen LogP contribution >= 0.6 is 0 Å². The van der Waals surface area contributed by atoms with Crippen molar-refractivity contribution in [2.24, 2.45) is 33.6 Å². The second-order valence-corrected chi connectivity index (χ2v) is 8.83. The molecule has 4 aliphatic carbocycles. The van der Waals surface area contributed by atoms with E-state index < -0.39 is 0 Å². The first-order valence-electron chi connectivity index (χ1n) is 9.29. The van der Waals surface area contributed by atoms with Crippen molar-refractivity contribution in [3.63, 3.8) is 0 Å². The molecule has 4 rings (SSSR count). The SMILES string of the molecule is CN=C1CC2C(CC[C@@]3(C)C2CC[C@@H]3O)[C@@]2(C)CCC(=O)C=C12. The Balaban J connectivity index is 1.77. The summed E-state index contributed by atoms with van der Waals surface area (Å²) in [5, 5.41) is 10.5. The van der Waals surface area contributed by atoms with E-state index in [1.807, 2.05) is 13.1 Å². The van der Waals surface area contributed by atoms with Gasteiger partial charge >= 0.3 is 0 Å². The number of ketones is 1. The monoisotopic (exact) mass is 315 g/mol. The number of fused-ring (bicyclic) bond motifs is 5. The fraction of sp³-hybridized carbons (Fsp3) is 0.800. The van der Waals surface area contributed by atoms with Crippen LogP contribution in [0.25, 0.3) is 0 Å². The van der Waals surface area contributed by atoms with Gasteiger partial charge in [-0.15, -0.1) is 0 Å². The van der Waals surface area contributed by atoms with E-state index in [9.17, 15) is 9.90 Å². The molecule has 0 radical (unpaired) electrons. The minimum Gasteiger partial charge on any atom is -0.393 e. The third kappa shape index (κ3) is 1.98. The average molecular weight is 315 g/mol. The van der Waals surface area contributed by atoms with Crippen LogP contribution in [-0.2, 0) is 4.79 Å². The number of hydrogen-bond acceptors (Lipinski definition) is 3. The third-order valence-corrected chi connectivity index (χ3v) is 8.03. The highest BCUT2D eigenvalue weighted by molar-refractivity contribution is 6.08. The van der Waals surface area contributed by atoms with E-state index in [-0.39, 0.29) is 22.7 Å². The van der Waals surface area contributed by atoms with Crippen LogP contribution in [0.1, 0.15) is 58.8 Å². The summed E-state index contributed by atoms with van der Waals surface area (Å²) in [6.07, 6.45) is 8.87. The van der Waals surface area contributed by atoms with Gasteiger partial charge in [0.1, 0.15) is 0 Å². The Labute approximate surface area is 139 Å². The summed E-state index contributed by atoms with van der Waals surface area (Å²) in [4.78, 5) is 16.6. The molecular weight excluding hydrogens is 286 g/mol. The van der Waals surface area contributed by atoms with Crippen LogP contribution in [0.4, 0.5) is 0 Å². The van der Waals surface area contributed by atoms with Crippen molar-refractivity contribution in [1.82, 2.24) is 0 Å². The molecule has 3 fully saturated rings. The highest BCUT2D eigenvalue weighted by Crippen LogP contribution is 2.64. The van der Waals surface area contributed by atoms with Crippen molar-refractivity contribution >= 4 is 11.5 Å². The van der Waals surface area contributed by atoms with Gasteiger partial charge in [-0.2, -0.15) is 0 Å². The van der Waals surface area contributed by atoms with Gasteiger partial charge in [0.25, 0.3) is 0 Å². The zero-order valence-corrected chi connectivity index (χ0v) is 14.6. The third-order valence-electron chi connectivity index (χ3n) is 8.03. The van der Waals surface area contributed by atoms with Crippen molar-refractivity contribution in [2.45, 2.75) is 64.9 Å². The molecule has 0 aromatic rings. The fourth-order valence-corrected chi connectivity index (χ4v) is 6.59. The molecule has 0 amide bonds. The first kappa shape index (κ1) is 15.6. The summed E-state index contributed by atoms with van der Waals surface area (Å²) < 4.78 is 0. The smallest absolute Gasteiger partial charge is 0.156 e. The molecule has 0 heterocycles. The molecule has 126 valence electrons. The van der Waals surface area contributed by atoms with Crippen LogP contribution in [0, 0.1) is 28.6 Å². The summed E-state index contributed by atoms with van der Waals surface area (Å²) in [7, 11) is 1.88. The number of aliphatic hydroxyl groups excluding tert-OH is 1. The maximum atomic E-state index is 12.0. The van der Waals surface area contributed by atoms with E-state index in [4.69, 9.17) is 0 Å². The van der Waals surface area contributed by atoms with Crippen LogP contribution in [0.15, 0.2) is 16.6 Å². The van der Waals surface area contributed by atoms with Crippen molar-refractivity contribution < 1.29 is 9.90 Å². The molecule has 0 aromatic heterocycles. The molecule has 3 heteroatoms. The van der Waals surface area contributed by atoms with E-state index >= 15 is 0 Å². The molecule has 0 saturated heterocycles. The number of rotatable bonds is 0. The van der Waals surface area contributed by atoms with Gasteiger partial charge in [-0.1, -0.05) is 13.8 Å². The molecule has 0 spiro atoms. The van der Waals surface area contributed by atoms with Gasteiger partial charge in [0.05, 0.1) is 6.10 Å². The van der Waals surface area contributed by atoms with Crippen LogP contribution < -0.4 is 0 Å². The molecule has 6 atom stereocenters. The quantitative estimate of drug-likeness (QED) is 0.743. The molecule has 0 aliphatic heterocycles. The first-order valence-corrected chi connectivity index (χ1v) is 9.29. The van der Waals surface area contributed by atoms with E-state index in [2.05, 4.69) is 18.8 Å². The average Bonchev–Trinajstić information content (AvgIpc) is 2.83. The second kappa shape index (κ2) is 5.02. The lowest BCUT2D eigenvalue weighted by Gasteiger charge is -2.57. The Morgan fingerprint density at radius 2 is 1.96 bits per heavy atom. The topological polar surface area (TPSA) is 49.7 Å². The summed E-state index contributed by atoms with van der Waals surface area (Å²) >= 11 is 0. The minimum absolute atomic E-state index is 0.0993. The zero-order valence-electron chi connectivity index (χ0n) is 14.6. The molecule has 3 saturated carbocycles. The summed E-state index contributed by atoms with van der Waals surface area (Å²) in [5.41, 5.74) is 2.61. The number of hydrogen-bond donors (Lipinski definition) is 1. The lowest BCUT2D eigenvalue weighted by molar-refractivity contribution is -0.117. The van der Waals surface area contributed by atoms with Crippen LogP contribution in [0.3, 0.4) is 0 Å². The number of aliphatic hydroxyl groups is 1. The normalized spacial score (nSPS) is 51.0. The largest absolute Gasteiger partial charge is 0.393 e. The number of carbonyl (C=O) groups is 1. The molecule has 0 bridgehead atoms. The van der Waals surface area contributed by atoms with Gasteiger partial charge in [0.2, 0.25) is 0 Å². The van der Waals surface area contributed by atoms with E-state index in [0.29, 0.717) is 24.2 Å². The molecule has 3 nitrogen and oxygen atoms in total. The van der Waals surface area contributed by atoms with E-state index in [0.717, 1.165) is 37.8 Å². The Hall–Kier alpha value is -0.960. The van der Waals surface area contributed by atoms with Crippen molar-refractivity contribution in [3.8, 4) is 0 Å². The summed E-state index contributed by atoms with van der Waals surface area (Å²) in [6.45, 7) is 4.69. The molecule has 0 aromatic carbocycles. The molecule has 4 aliphatic rings. The molecule has 23 heavy (non-hydrogen) atoms. The number of nitrogens with zero attached hydrogens (tertiary/aromatic N) is 1. The first-order chi connectivity index (χ1) is 10.9. The van der Waals surface area contributed by atoms with Gasteiger partial charge in [0.15, 0.2) is 5.78 Å². The zero-order chi connectivity index (χ0) is 16.4. The predicted octanol–water partition coefficient (Wildman–Crippen LogP) is 3.56. The lowest BCUT2D eigenvalue weighted by Crippen LogP contribution is -2.53. The second-order valence-electron chi connectivity index (χ2n) is 8.83. The number of aliphatic imine (C=N–C) groups is 1. The summed E-state index contributed by atoms with van der Waals surface area (Å²) in [5.74, 6) is 2.16. The van der Waals surface area contributed by atoms with Crippen molar-refractivity contribution in [2.75, 3.05) is 7.05 Å². The van der Waals surface area contributed by atoms with E-state index in [1.54, 1.807) is 0 Å². The maximum absolute atomic E-state index is 12.0. The maximum Gasteiger partial charge on any atom is 0.156 e. The Bertz CT molecular complexity index is 607. The highest BCUT2D eigenvalue weighted by Gasteiger charge is 2.59. The van der Waals surface area contributed by atoms with Gasteiger partial charge < -0.3 is 5.11 Å². The fourth-order valence-electron chi connectivity index (χ4n) is 6.59. The Morgan fingerprint density at radius 3 is 2.70 bits per heavy atom. The van der Waals surface area contributed by atoms with Crippen LogP contribution in [0.2, 0.25) is 0 Å². The van der Waals surface area contributed by atoms with Crippen molar-refractivity contribution in [1.29, 1.82) is 0 Å². The van der Waals surface area contributed by atoms with Crippen LogP contribution in [-0.4, -0.2) is 29.8 Å². The number of allylic oxidation sites excluding steroid dienone is 1. The van der Waals surface area contributed by atoms with Gasteiger partial charge in [0, 0.05) is 19.2 Å². The predicted molar refractivity (Wildman–Crippen MR) is 91.5 cm³/mol. The molecule has 3 unspecified atom stereocenters. The van der Waals surface area contributed by atoms with E-state index in [1.165, 1.54) is 12.0 Å². The van der Waals surface area contributed by atoms with Gasteiger partial charge in [-0.25, -0.2) is 0 Å². The van der Waals surface area contributed by atoms with Gasteiger partial charge in [-0.3, -0.25) is 9.79 Å².